The van der Waals surface area contributed by atoms with E-state index in [9.17, 15) is 9.18 Å². The van der Waals surface area contributed by atoms with Crippen molar-refractivity contribution in [1.82, 2.24) is 10.2 Å². The van der Waals surface area contributed by atoms with E-state index >= 15 is 0 Å². The van der Waals surface area contributed by atoms with Crippen LogP contribution in [0.2, 0.25) is 0 Å². The monoisotopic (exact) mass is 284 g/mol. The first-order valence-corrected chi connectivity index (χ1v) is 6.07. The highest BCUT2D eigenvalue weighted by Gasteiger charge is 2.13. The van der Waals surface area contributed by atoms with Gasteiger partial charge in [-0.2, -0.15) is 0 Å². The Bertz CT molecular complexity index is 755. The maximum Gasteiger partial charge on any atom is 0.346 e. The highest BCUT2D eigenvalue weighted by atomic mass is 19.1. The van der Waals surface area contributed by atoms with Crippen molar-refractivity contribution in [3.05, 3.63) is 66.3 Å². The van der Waals surface area contributed by atoms with Gasteiger partial charge in [-0.15, -0.1) is 10.2 Å². The Kier molecular flexibility index (Phi) is 3.42. The average Bonchev–Trinajstić information content (AvgIpc) is 3.02. The van der Waals surface area contributed by atoms with Crippen LogP contribution in [0.4, 0.5) is 4.39 Å². The van der Waals surface area contributed by atoms with Gasteiger partial charge in [0.15, 0.2) is 0 Å². The molecule has 0 N–H and O–H groups in total. The number of hydrogen-bond acceptors (Lipinski definition) is 5. The summed E-state index contributed by atoms with van der Waals surface area (Å²) in [5, 5.41) is 7.34. The molecule has 104 valence electrons. The van der Waals surface area contributed by atoms with Crippen molar-refractivity contribution in [1.29, 1.82) is 0 Å². The van der Waals surface area contributed by atoms with E-state index in [0.717, 1.165) is 0 Å². The molecule has 2 aromatic carbocycles. The zero-order valence-corrected chi connectivity index (χ0v) is 10.7. The minimum absolute atomic E-state index is 0.113. The molecular formula is C15H9FN2O3. The predicted molar refractivity (Wildman–Crippen MR) is 71.1 cm³/mol. The van der Waals surface area contributed by atoms with Crippen LogP contribution in [0.5, 0.6) is 5.75 Å². The Balaban J connectivity index is 1.77. The zero-order valence-electron chi connectivity index (χ0n) is 10.7. The van der Waals surface area contributed by atoms with Gasteiger partial charge in [0.25, 0.3) is 0 Å². The Hall–Kier alpha value is -3.02. The van der Waals surface area contributed by atoms with Gasteiger partial charge in [0.05, 0.1) is 5.56 Å². The molecule has 5 nitrogen and oxygen atoms in total. The minimum Gasteiger partial charge on any atom is -0.423 e. The Morgan fingerprint density at radius 3 is 2.52 bits per heavy atom. The third-order valence-electron chi connectivity index (χ3n) is 2.77. The second-order valence-corrected chi connectivity index (χ2v) is 4.14. The number of benzene rings is 2. The molecule has 0 bridgehead atoms. The molecule has 0 saturated heterocycles. The van der Waals surface area contributed by atoms with Crippen molar-refractivity contribution in [2.45, 2.75) is 0 Å². The smallest absolute Gasteiger partial charge is 0.346 e. The molecule has 3 aromatic rings. The van der Waals surface area contributed by atoms with E-state index < -0.39 is 11.8 Å². The fourth-order valence-corrected chi connectivity index (χ4v) is 1.75. The van der Waals surface area contributed by atoms with Gasteiger partial charge in [-0.3, -0.25) is 0 Å². The number of carbonyl (C=O) groups is 1. The molecule has 1 heterocycles. The van der Waals surface area contributed by atoms with Gasteiger partial charge in [-0.1, -0.05) is 12.1 Å². The quantitative estimate of drug-likeness (QED) is 0.546. The van der Waals surface area contributed by atoms with E-state index in [4.69, 9.17) is 9.15 Å². The normalized spacial score (nSPS) is 10.3. The molecule has 0 unspecified atom stereocenters. The van der Waals surface area contributed by atoms with E-state index in [1.165, 1.54) is 24.6 Å². The topological polar surface area (TPSA) is 65.2 Å². The molecule has 0 saturated carbocycles. The summed E-state index contributed by atoms with van der Waals surface area (Å²) in [6.45, 7) is 0. The molecule has 0 atom stereocenters. The van der Waals surface area contributed by atoms with Crippen molar-refractivity contribution >= 4 is 5.97 Å². The average molecular weight is 284 g/mol. The minimum atomic E-state index is -0.751. The van der Waals surface area contributed by atoms with Crippen LogP contribution in [-0.4, -0.2) is 16.2 Å². The molecule has 0 aliphatic carbocycles. The third kappa shape index (κ3) is 2.79. The molecule has 1 aromatic heterocycles. The van der Waals surface area contributed by atoms with Crippen LogP contribution in [0.25, 0.3) is 11.5 Å². The summed E-state index contributed by atoms with van der Waals surface area (Å²) in [4.78, 5) is 11.8. The largest absolute Gasteiger partial charge is 0.423 e. The summed E-state index contributed by atoms with van der Waals surface area (Å²) < 4.78 is 23.6. The zero-order chi connectivity index (χ0) is 14.7. The van der Waals surface area contributed by atoms with Gasteiger partial charge in [0.1, 0.15) is 11.6 Å². The molecule has 6 heteroatoms. The lowest BCUT2D eigenvalue weighted by Gasteiger charge is -2.05. The standard InChI is InChI=1S/C15H9FN2O3/c16-13-4-2-1-3-12(13)15(19)21-11-7-5-10(6-8-11)14-18-17-9-20-14/h1-9H. The molecule has 0 aliphatic heterocycles. The van der Waals surface area contributed by atoms with Crippen LogP contribution in [0.1, 0.15) is 10.4 Å². The molecule has 0 radical (unpaired) electrons. The van der Waals surface area contributed by atoms with Crippen LogP contribution in [0.15, 0.2) is 59.3 Å². The third-order valence-corrected chi connectivity index (χ3v) is 2.77. The van der Waals surface area contributed by atoms with E-state index in [2.05, 4.69) is 10.2 Å². The maximum atomic E-state index is 13.5. The van der Waals surface area contributed by atoms with E-state index in [1.54, 1.807) is 30.3 Å². The SMILES string of the molecule is O=C(Oc1ccc(-c2nnco2)cc1)c1ccccc1F. The van der Waals surface area contributed by atoms with Gasteiger partial charge in [-0.05, 0) is 36.4 Å². The van der Waals surface area contributed by atoms with Crippen molar-refractivity contribution in [2.24, 2.45) is 0 Å². The Labute approximate surface area is 119 Å². The lowest BCUT2D eigenvalue weighted by molar-refractivity contribution is 0.0730. The molecule has 3 rings (SSSR count). The lowest BCUT2D eigenvalue weighted by atomic mass is 10.2. The molecule has 21 heavy (non-hydrogen) atoms. The second kappa shape index (κ2) is 5.54. The first-order valence-electron chi connectivity index (χ1n) is 6.07. The number of aromatic nitrogens is 2. The summed E-state index contributed by atoms with van der Waals surface area (Å²) in [5.41, 5.74) is 0.580. The fraction of sp³-hybridized carbons (Fsp3) is 0. The van der Waals surface area contributed by atoms with E-state index in [0.29, 0.717) is 17.2 Å². The van der Waals surface area contributed by atoms with Crippen molar-refractivity contribution in [3.63, 3.8) is 0 Å². The summed E-state index contributed by atoms with van der Waals surface area (Å²) in [6.07, 6.45) is 1.22. The van der Waals surface area contributed by atoms with Gasteiger partial charge in [0, 0.05) is 5.56 Å². The first kappa shape index (κ1) is 13.0. The number of esters is 1. The molecule has 0 aliphatic rings. The number of hydrogen-bond donors (Lipinski definition) is 0. The number of carbonyl (C=O) groups excluding carboxylic acids is 1. The van der Waals surface area contributed by atoms with Crippen LogP contribution in [0.3, 0.4) is 0 Å². The van der Waals surface area contributed by atoms with Gasteiger partial charge in [-0.25, -0.2) is 9.18 Å². The molecule has 0 spiro atoms. The number of ether oxygens (including phenoxy) is 1. The Morgan fingerprint density at radius 2 is 1.86 bits per heavy atom. The number of halogens is 1. The second-order valence-electron chi connectivity index (χ2n) is 4.14. The van der Waals surface area contributed by atoms with Crippen molar-refractivity contribution in [3.8, 4) is 17.2 Å². The van der Waals surface area contributed by atoms with Gasteiger partial charge < -0.3 is 9.15 Å². The molecule has 0 fully saturated rings. The van der Waals surface area contributed by atoms with Crippen LogP contribution < -0.4 is 4.74 Å². The summed E-state index contributed by atoms with van der Waals surface area (Å²) in [6, 6.07) is 12.1. The van der Waals surface area contributed by atoms with Crippen molar-refractivity contribution in [2.75, 3.05) is 0 Å². The van der Waals surface area contributed by atoms with Crippen LogP contribution in [0, 0.1) is 5.82 Å². The first-order chi connectivity index (χ1) is 10.2. The molecule has 0 amide bonds. The highest BCUT2D eigenvalue weighted by molar-refractivity contribution is 5.91. The Morgan fingerprint density at radius 1 is 1.10 bits per heavy atom. The van der Waals surface area contributed by atoms with Crippen LogP contribution in [-0.2, 0) is 0 Å². The van der Waals surface area contributed by atoms with E-state index in [-0.39, 0.29) is 5.56 Å². The van der Waals surface area contributed by atoms with E-state index in [1.807, 2.05) is 0 Å². The van der Waals surface area contributed by atoms with Crippen molar-refractivity contribution < 1.29 is 18.3 Å². The molecular weight excluding hydrogens is 275 g/mol. The summed E-state index contributed by atoms with van der Waals surface area (Å²) in [5.74, 6) is -0.711. The predicted octanol–water partition coefficient (Wildman–Crippen LogP) is 3.09. The highest BCUT2D eigenvalue weighted by Crippen LogP contribution is 2.21. The number of rotatable bonds is 3. The van der Waals surface area contributed by atoms with Gasteiger partial charge in [0.2, 0.25) is 12.3 Å². The number of nitrogens with zero attached hydrogens (tertiary/aromatic N) is 2. The summed E-state index contributed by atoms with van der Waals surface area (Å²) in [7, 11) is 0. The lowest BCUT2D eigenvalue weighted by Crippen LogP contribution is -2.10. The fourth-order valence-electron chi connectivity index (χ4n) is 1.75. The van der Waals surface area contributed by atoms with Crippen LogP contribution >= 0.6 is 0 Å². The van der Waals surface area contributed by atoms with Gasteiger partial charge >= 0.3 is 5.97 Å². The maximum absolute atomic E-state index is 13.5. The summed E-state index contributed by atoms with van der Waals surface area (Å²) >= 11 is 0.